The first-order valence-corrected chi connectivity index (χ1v) is 5.06. The van der Waals surface area contributed by atoms with Crippen molar-refractivity contribution in [2.24, 2.45) is 5.73 Å². The third kappa shape index (κ3) is 3.30. The van der Waals surface area contributed by atoms with Crippen molar-refractivity contribution in [3.8, 4) is 0 Å². The first-order valence-electron chi connectivity index (χ1n) is 4.68. The maximum Gasteiger partial charge on any atom is 0.141 e. The van der Waals surface area contributed by atoms with Gasteiger partial charge >= 0.3 is 0 Å². The number of hydrogen-bond donors (Lipinski definition) is 2. The van der Waals surface area contributed by atoms with E-state index in [2.05, 4.69) is 11.9 Å². The van der Waals surface area contributed by atoms with Gasteiger partial charge in [0.1, 0.15) is 5.82 Å². The van der Waals surface area contributed by atoms with Crippen molar-refractivity contribution in [3.63, 3.8) is 0 Å². The summed E-state index contributed by atoms with van der Waals surface area (Å²) in [4.78, 5) is 0. The Kier molecular flexibility index (Phi) is 4.75. The lowest BCUT2D eigenvalue weighted by Crippen LogP contribution is -2.28. The third-order valence-electron chi connectivity index (χ3n) is 2.09. The summed E-state index contributed by atoms with van der Waals surface area (Å²) >= 11 is 5.69. The highest BCUT2D eigenvalue weighted by atomic mass is 35.5. The number of nitrogens with one attached hydrogen (secondary N) is 1. The first kappa shape index (κ1) is 12.2. The summed E-state index contributed by atoms with van der Waals surface area (Å²) in [6, 6.07) is 4.58. The quantitative estimate of drug-likeness (QED) is 0.759. The van der Waals surface area contributed by atoms with Crippen molar-refractivity contribution >= 4 is 11.6 Å². The summed E-state index contributed by atoms with van der Waals surface area (Å²) in [5.41, 5.74) is 6.48. The minimum atomic E-state index is -0.417. The van der Waals surface area contributed by atoms with E-state index in [9.17, 15) is 4.39 Å². The van der Waals surface area contributed by atoms with Gasteiger partial charge in [-0.05, 0) is 17.7 Å². The number of halogens is 2. The van der Waals surface area contributed by atoms with Gasteiger partial charge in [-0.3, -0.25) is 0 Å². The second-order valence-electron chi connectivity index (χ2n) is 3.16. The van der Waals surface area contributed by atoms with E-state index in [-0.39, 0.29) is 11.1 Å². The largest absolute Gasteiger partial charge is 0.329 e. The van der Waals surface area contributed by atoms with Crippen molar-refractivity contribution in [1.82, 2.24) is 5.32 Å². The fraction of sp³-hybridized carbons (Fsp3) is 0.273. The van der Waals surface area contributed by atoms with Crippen LogP contribution < -0.4 is 11.1 Å². The van der Waals surface area contributed by atoms with E-state index in [1.54, 1.807) is 18.2 Å². The van der Waals surface area contributed by atoms with Gasteiger partial charge in [0.05, 0.1) is 5.02 Å². The monoisotopic (exact) mass is 228 g/mol. The molecule has 0 amide bonds. The van der Waals surface area contributed by atoms with Crippen LogP contribution in [-0.4, -0.2) is 13.1 Å². The molecule has 1 unspecified atom stereocenters. The molecule has 0 bridgehead atoms. The van der Waals surface area contributed by atoms with Gasteiger partial charge in [0.15, 0.2) is 0 Å². The van der Waals surface area contributed by atoms with Crippen LogP contribution >= 0.6 is 11.6 Å². The molecule has 0 saturated heterocycles. The molecular formula is C11H14ClFN2. The Morgan fingerprint density at radius 2 is 2.33 bits per heavy atom. The molecule has 4 heteroatoms. The van der Waals surface area contributed by atoms with E-state index in [4.69, 9.17) is 17.3 Å². The second kappa shape index (κ2) is 5.85. The summed E-state index contributed by atoms with van der Waals surface area (Å²) in [7, 11) is 0. The SMILES string of the molecule is C=CCNC(CN)c1ccc(F)c(Cl)c1. The summed E-state index contributed by atoms with van der Waals surface area (Å²) in [5, 5.41) is 3.27. The van der Waals surface area contributed by atoms with Gasteiger partial charge in [0.2, 0.25) is 0 Å². The van der Waals surface area contributed by atoms with E-state index >= 15 is 0 Å². The zero-order chi connectivity index (χ0) is 11.3. The maximum atomic E-state index is 12.9. The normalized spacial score (nSPS) is 12.5. The Hall–Kier alpha value is -0.900. The van der Waals surface area contributed by atoms with E-state index < -0.39 is 5.82 Å². The number of nitrogens with two attached hydrogens (primary N) is 1. The van der Waals surface area contributed by atoms with Crippen molar-refractivity contribution < 1.29 is 4.39 Å². The molecule has 82 valence electrons. The van der Waals surface area contributed by atoms with Crippen LogP contribution in [0.15, 0.2) is 30.9 Å². The predicted octanol–water partition coefficient (Wildman–Crippen LogP) is 2.25. The number of rotatable bonds is 5. The lowest BCUT2D eigenvalue weighted by Gasteiger charge is -2.16. The van der Waals surface area contributed by atoms with Crippen LogP contribution in [0.1, 0.15) is 11.6 Å². The molecule has 3 N–H and O–H groups in total. The molecule has 0 aliphatic carbocycles. The van der Waals surface area contributed by atoms with E-state index in [0.717, 1.165) is 5.56 Å². The van der Waals surface area contributed by atoms with Crippen LogP contribution in [0.25, 0.3) is 0 Å². The molecule has 0 spiro atoms. The minimum Gasteiger partial charge on any atom is -0.329 e. The van der Waals surface area contributed by atoms with Crippen LogP contribution in [0, 0.1) is 5.82 Å². The molecule has 0 radical (unpaired) electrons. The maximum absolute atomic E-state index is 12.9. The lowest BCUT2D eigenvalue weighted by molar-refractivity contribution is 0.573. The van der Waals surface area contributed by atoms with Crippen molar-refractivity contribution in [2.75, 3.05) is 13.1 Å². The highest BCUT2D eigenvalue weighted by Gasteiger charge is 2.10. The highest BCUT2D eigenvalue weighted by molar-refractivity contribution is 6.30. The van der Waals surface area contributed by atoms with Crippen LogP contribution in [-0.2, 0) is 0 Å². The molecule has 1 rings (SSSR count). The van der Waals surface area contributed by atoms with Gasteiger partial charge in [-0.2, -0.15) is 0 Å². The molecule has 2 nitrogen and oxygen atoms in total. The molecule has 1 aromatic rings. The number of benzene rings is 1. The summed E-state index contributed by atoms with van der Waals surface area (Å²) < 4.78 is 12.9. The Balaban J connectivity index is 2.82. The second-order valence-corrected chi connectivity index (χ2v) is 3.57. The van der Waals surface area contributed by atoms with Gasteiger partial charge in [0.25, 0.3) is 0 Å². The first-order chi connectivity index (χ1) is 7.19. The zero-order valence-electron chi connectivity index (χ0n) is 8.34. The Bertz CT molecular complexity index is 341. The summed E-state index contributed by atoms with van der Waals surface area (Å²) in [6.45, 7) is 4.68. The fourth-order valence-electron chi connectivity index (χ4n) is 1.29. The summed E-state index contributed by atoms with van der Waals surface area (Å²) in [5.74, 6) is -0.417. The lowest BCUT2D eigenvalue weighted by atomic mass is 10.1. The Labute approximate surface area is 93.9 Å². The molecular weight excluding hydrogens is 215 g/mol. The molecule has 0 aliphatic heterocycles. The van der Waals surface area contributed by atoms with Gasteiger partial charge in [-0.1, -0.05) is 23.7 Å². The van der Waals surface area contributed by atoms with Crippen LogP contribution in [0.4, 0.5) is 4.39 Å². The average Bonchev–Trinajstić information content (AvgIpc) is 2.24. The van der Waals surface area contributed by atoms with Gasteiger partial charge < -0.3 is 11.1 Å². The molecule has 1 aromatic carbocycles. The molecule has 0 saturated carbocycles. The van der Waals surface area contributed by atoms with Crippen LogP contribution in [0.5, 0.6) is 0 Å². The van der Waals surface area contributed by atoms with E-state index in [1.165, 1.54) is 6.07 Å². The molecule has 0 aromatic heterocycles. The summed E-state index contributed by atoms with van der Waals surface area (Å²) in [6.07, 6.45) is 1.74. The highest BCUT2D eigenvalue weighted by Crippen LogP contribution is 2.20. The number of hydrogen-bond acceptors (Lipinski definition) is 2. The van der Waals surface area contributed by atoms with Gasteiger partial charge in [-0.25, -0.2) is 4.39 Å². The zero-order valence-corrected chi connectivity index (χ0v) is 9.10. The molecule has 0 heterocycles. The molecule has 0 fully saturated rings. The van der Waals surface area contributed by atoms with Crippen molar-refractivity contribution in [3.05, 3.63) is 47.3 Å². The smallest absolute Gasteiger partial charge is 0.141 e. The predicted molar refractivity (Wildman–Crippen MR) is 61.4 cm³/mol. The third-order valence-corrected chi connectivity index (χ3v) is 2.38. The standard InChI is InChI=1S/C11H14ClFN2/c1-2-5-15-11(7-14)8-3-4-10(13)9(12)6-8/h2-4,6,11,15H,1,5,7,14H2. The fourth-order valence-corrected chi connectivity index (χ4v) is 1.48. The molecule has 1 atom stereocenters. The van der Waals surface area contributed by atoms with E-state index in [1.807, 2.05) is 0 Å². The van der Waals surface area contributed by atoms with Gasteiger partial charge in [-0.15, -0.1) is 6.58 Å². The van der Waals surface area contributed by atoms with Gasteiger partial charge in [0, 0.05) is 19.1 Å². The molecule has 0 aliphatic rings. The van der Waals surface area contributed by atoms with Crippen LogP contribution in [0.3, 0.4) is 0 Å². The van der Waals surface area contributed by atoms with E-state index in [0.29, 0.717) is 13.1 Å². The molecule has 15 heavy (non-hydrogen) atoms. The van der Waals surface area contributed by atoms with Crippen LogP contribution in [0.2, 0.25) is 5.02 Å². The Morgan fingerprint density at radius 1 is 1.60 bits per heavy atom. The Morgan fingerprint density at radius 3 is 2.87 bits per heavy atom. The van der Waals surface area contributed by atoms with Crippen molar-refractivity contribution in [2.45, 2.75) is 6.04 Å². The average molecular weight is 229 g/mol. The topological polar surface area (TPSA) is 38.0 Å². The minimum absolute atomic E-state index is 0.0268. The van der Waals surface area contributed by atoms with Crippen molar-refractivity contribution in [1.29, 1.82) is 0 Å².